The first-order chi connectivity index (χ1) is 8.13. The van der Waals surface area contributed by atoms with Crippen LogP contribution < -0.4 is 5.73 Å². The summed E-state index contributed by atoms with van der Waals surface area (Å²) in [4.78, 5) is 18.6. The minimum atomic E-state index is 0.0722. The normalized spacial score (nSPS) is 14.8. The van der Waals surface area contributed by atoms with Gasteiger partial charge in [0.1, 0.15) is 0 Å². The molecule has 0 spiro atoms. The molecule has 1 aromatic heterocycles. The first-order valence-electron chi connectivity index (χ1n) is 6.08. The second kappa shape index (κ2) is 4.84. The van der Waals surface area contributed by atoms with Crippen molar-refractivity contribution in [2.24, 2.45) is 5.73 Å². The summed E-state index contributed by atoms with van der Waals surface area (Å²) in [5.74, 6) is 0.0722. The summed E-state index contributed by atoms with van der Waals surface area (Å²) < 4.78 is 0. The highest BCUT2D eigenvalue weighted by molar-refractivity contribution is 5.95. The van der Waals surface area contributed by atoms with Crippen molar-refractivity contribution in [1.29, 1.82) is 0 Å². The van der Waals surface area contributed by atoms with E-state index in [0.29, 0.717) is 24.7 Å². The molecular weight excluding hydrogens is 214 g/mol. The van der Waals surface area contributed by atoms with Gasteiger partial charge in [-0.25, -0.2) is 0 Å². The van der Waals surface area contributed by atoms with Crippen molar-refractivity contribution in [3.63, 3.8) is 0 Å². The lowest BCUT2D eigenvalue weighted by Crippen LogP contribution is -2.37. The number of hydrogen-bond donors (Lipinski definition) is 1. The van der Waals surface area contributed by atoms with E-state index in [1.807, 2.05) is 30.9 Å². The van der Waals surface area contributed by atoms with Crippen molar-refractivity contribution in [2.45, 2.75) is 32.7 Å². The smallest absolute Gasteiger partial charge is 0.255 e. The van der Waals surface area contributed by atoms with Gasteiger partial charge < -0.3 is 10.6 Å². The molecule has 1 fully saturated rings. The zero-order valence-electron chi connectivity index (χ0n) is 10.4. The average Bonchev–Trinajstić information content (AvgIpc) is 3.09. The Balaban J connectivity index is 2.22. The molecular formula is C13H19N3O. The van der Waals surface area contributed by atoms with Gasteiger partial charge in [0.05, 0.1) is 11.3 Å². The van der Waals surface area contributed by atoms with E-state index in [4.69, 9.17) is 5.73 Å². The van der Waals surface area contributed by atoms with Crippen molar-refractivity contribution in [3.8, 4) is 0 Å². The van der Waals surface area contributed by atoms with Crippen LogP contribution in [0.2, 0.25) is 0 Å². The van der Waals surface area contributed by atoms with Crippen molar-refractivity contribution >= 4 is 5.91 Å². The maximum absolute atomic E-state index is 12.4. The van der Waals surface area contributed by atoms with Gasteiger partial charge in [0, 0.05) is 24.8 Å². The molecule has 92 valence electrons. The predicted octanol–water partition coefficient (Wildman–Crippen LogP) is 1.26. The first kappa shape index (κ1) is 12.0. The number of hydrogen-bond acceptors (Lipinski definition) is 3. The number of aryl methyl sites for hydroxylation is 2. The zero-order valence-corrected chi connectivity index (χ0v) is 10.4. The van der Waals surface area contributed by atoms with E-state index in [1.54, 1.807) is 0 Å². The van der Waals surface area contributed by atoms with E-state index >= 15 is 0 Å². The molecule has 1 aromatic rings. The van der Waals surface area contributed by atoms with Crippen LogP contribution in [0.25, 0.3) is 0 Å². The predicted molar refractivity (Wildman–Crippen MR) is 66.8 cm³/mol. The fraction of sp³-hybridized carbons (Fsp3) is 0.538. The fourth-order valence-corrected chi connectivity index (χ4v) is 2.04. The lowest BCUT2D eigenvalue weighted by atomic mass is 10.1. The number of carbonyl (C=O) groups is 1. The number of amides is 1. The Morgan fingerprint density at radius 3 is 2.71 bits per heavy atom. The van der Waals surface area contributed by atoms with Crippen LogP contribution in [0.15, 0.2) is 12.1 Å². The summed E-state index contributed by atoms with van der Waals surface area (Å²) >= 11 is 0. The molecule has 1 heterocycles. The van der Waals surface area contributed by atoms with Gasteiger partial charge >= 0.3 is 0 Å². The Morgan fingerprint density at radius 1 is 1.47 bits per heavy atom. The van der Waals surface area contributed by atoms with E-state index < -0.39 is 0 Å². The quantitative estimate of drug-likeness (QED) is 0.851. The molecule has 0 radical (unpaired) electrons. The van der Waals surface area contributed by atoms with Crippen molar-refractivity contribution < 1.29 is 4.79 Å². The molecule has 0 saturated heterocycles. The number of nitrogens with two attached hydrogens (primary N) is 1. The molecule has 1 amide bonds. The van der Waals surface area contributed by atoms with Gasteiger partial charge in [-0.2, -0.15) is 0 Å². The third kappa shape index (κ3) is 2.64. The number of aromatic nitrogens is 1. The van der Waals surface area contributed by atoms with Gasteiger partial charge in [-0.3, -0.25) is 9.78 Å². The van der Waals surface area contributed by atoms with Gasteiger partial charge in [0.25, 0.3) is 5.91 Å². The minimum Gasteiger partial charge on any atom is -0.334 e. The Kier molecular flexibility index (Phi) is 3.43. The molecule has 0 bridgehead atoms. The lowest BCUT2D eigenvalue weighted by Gasteiger charge is -2.22. The van der Waals surface area contributed by atoms with E-state index in [0.717, 1.165) is 24.2 Å². The number of rotatable bonds is 4. The molecule has 1 aliphatic carbocycles. The SMILES string of the molecule is Cc1ccc(C(=O)N(CCN)C2CC2)c(C)n1. The van der Waals surface area contributed by atoms with E-state index in [2.05, 4.69) is 4.98 Å². The Labute approximate surface area is 102 Å². The number of pyridine rings is 1. The number of carbonyl (C=O) groups excluding carboxylic acids is 1. The van der Waals surface area contributed by atoms with E-state index in [1.165, 1.54) is 0 Å². The molecule has 4 nitrogen and oxygen atoms in total. The zero-order chi connectivity index (χ0) is 12.4. The Hall–Kier alpha value is -1.42. The highest BCUT2D eigenvalue weighted by atomic mass is 16.2. The summed E-state index contributed by atoms with van der Waals surface area (Å²) in [6.07, 6.45) is 2.20. The number of nitrogens with zero attached hydrogens (tertiary/aromatic N) is 2. The molecule has 4 heteroatoms. The molecule has 0 aliphatic heterocycles. The van der Waals surface area contributed by atoms with Crippen LogP contribution >= 0.6 is 0 Å². The fourth-order valence-electron chi connectivity index (χ4n) is 2.04. The summed E-state index contributed by atoms with van der Waals surface area (Å²) in [5, 5.41) is 0. The third-order valence-corrected chi connectivity index (χ3v) is 3.07. The average molecular weight is 233 g/mol. The first-order valence-corrected chi connectivity index (χ1v) is 6.08. The van der Waals surface area contributed by atoms with Gasteiger partial charge in [-0.05, 0) is 38.8 Å². The monoisotopic (exact) mass is 233 g/mol. The van der Waals surface area contributed by atoms with Crippen molar-refractivity contribution in [2.75, 3.05) is 13.1 Å². The summed E-state index contributed by atoms with van der Waals surface area (Å²) in [5.41, 5.74) is 8.01. The Bertz CT molecular complexity index is 427. The van der Waals surface area contributed by atoms with Crippen molar-refractivity contribution in [1.82, 2.24) is 9.88 Å². The molecule has 2 rings (SSSR count). The molecule has 0 aromatic carbocycles. The van der Waals surface area contributed by atoms with Crippen LogP contribution in [-0.4, -0.2) is 34.9 Å². The molecule has 17 heavy (non-hydrogen) atoms. The van der Waals surface area contributed by atoms with Crippen LogP contribution in [0.3, 0.4) is 0 Å². The Morgan fingerprint density at radius 2 is 2.18 bits per heavy atom. The minimum absolute atomic E-state index is 0.0722. The standard InChI is InChI=1S/C13H19N3O/c1-9-3-6-12(10(2)15-9)13(17)16(8-7-14)11-4-5-11/h3,6,11H,4-5,7-8,14H2,1-2H3. The van der Waals surface area contributed by atoms with E-state index in [-0.39, 0.29) is 5.91 Å². The molecule has 0 unspecified atom stereocenters. The maximum Gasteiger partial charge on any atom is 0.255 e. The molecule has 0 atom stereocenters. The summed E-state index contributed by atoms with van der Waals surface area (Å²) in [6.45, 7) is 4.96. The van der Waals surface area contributed by atoms with Crippen LogP contribution in [0, 0.1) is 13.8 Å². The second-order valence-electron chi connectivity index (χ2n) is 4.60. The third-order valence-electron chi connectivity index (χ3n) is 3.07. The van der Waals surface area contributed by atoms with Gasteiger partial charge in [-0.15, -0.1) is 0 Å². The molecule has 1 aliphatic rings. The van der Waals surface area contributed by atoms with Crippen molar-refractivity contribution in [3.05, 3.63) is 29.1 Å². The van der Waals surface area contributed by atoms with Crippen LogP contribution in [0.4, 0.5) is 0 Å². The van der Waals surface area contributed by atoms with Gasteiger partial charge in [-0.1, -0.05) is 0 Å². The summed E-state index contributed by atoms with van der Waals surface area (Å²) in [6, 6.07) is 4.14. The molecule has 2 N–H and O–H groups in total. The summed E-state index contributed by atoms with van der Waals surface area (Å²) in [7, 11) is 0. The second-order valence-corrected chi connectivity index (χ2v) is 4.60. The van der Waals surface area contributed by atoms with Gasteiger partial charge in [0.15, 0.2) is 0 Å². The highest BCUT2D eigenvalue weighted by Gasteiger charge is 2.33. The largest absolute Gasteiger partial charge is 0.334 e. The van der Waals surface area contributed by atoms with Crippen LogP contribution in [-0.2, 0) is 0 Å². The van der Waals surface area contributed by atoms with Gasteiger partial charge in [0.2, 0.25) is 0 Å². The topological polar surface area (TPSA) is 59.2 Å². The highest BCUT2D eigenvalue weighted by Crippen LogP contribution is 2.28. The lowest BCUT2D eigenvalue weighted by molar-refractivity contribution is 0.0747. The van der Waals surface area contributed by atoms with E-state index in [9.17, 15) is 4.79 Å². The molecule has 1 saturated carbocycles. The van der Waals surface area contributed by atoms with Crippen LogP contribution in [0.1, 0.15) is 34.6 Å². The van der Waals surface area contributed by atoms with Crippen LogP contribution in [0.5, 0.6) is 0 Å². The maximum atomic E-state index is 12.4.